The van der Waals surface area contributed by atoms with E-state index in [-0.39, 0.29) is 5.69 Å². The Bertz CT molecular complexity index is 674. The molecule has 20 heavy (non-hydrogen) atoms. The molecule has 2 aromatic rings. The van der Waals surface area contributed by atoms with Gasteiger partial charge in [0.05, 0.1) is 19.2 Å². The Hall–Kier alpha value is -1.55. The van der Waals surface area contributed by atoms with Crippen LogP contribution in [0, 0.1) is 3.70 Å². The predicted octanol–water partition coefficient (Wildman–Crippen LogP) is 2.24. The summed E-state index contributed by atoms with van der Waals surface area (Å²) in [5, 5.41) is 16.8. The first-order chi connectivity index (χ1) is 9.49. The van der Waals surface area contributed by atoms with Crippen LogP contribution in [0.5, 0.6) is 11.5 Å². The van der Waals surface area contributed by atoms with Gasteiger partial charge >= 0.3 is 5.97 Å². The molecule has 1 N–H and O–H groups in total. The average molecular weight is 410 g/mol. The van der Waals surface area contributed by atoms with Gasteiger partial charge in [-0.15, -0.1) is 5.10 Å². The first-order valence-electron chi connectivity index (χ1n) is 5.26. The fourth-order valence-electron chi connectivity index (χ4n) is 1.56. The maximum absolute atomic E-state index is 11.0. The van der Waals surface area contributed by atoms with E-state index in [0.717, 1.165) is 0 Å². The Kier molecular flexibility index (Phi) is 4.33. The van der Waals surface area contributed by atoms with Gasteiger partial charge in [0.2, 0.25) is 5.69 Å². The summed E-state index contributed by atoms with van der Waals surface area (Å²) in [6.45, 7) is 0. The lowest BCUT2D eigenvalue weighted by Crippen LogP contribution is -2.05. The van der Waals surface area contributed by atoms with Crippen LogP contribution in [0.2, 0.25) is 5.02 Å². The van der Waals surface area contributed by atoms with Crippen molar-refractivity contribution in [3.63, 3.8) is 0 Å². The molecule has 0 radical (unpaired) electrons. The molecule has 7 nitrogen and oxygen atoms in total. The molecule has 0 unspecified atom stereocenters. The summed E-state index contributed by atoms with van der Waals surface area (Å²) in [7, 11) is 2.97. The molecule has 0 saturated carbocycles. The van der Waals surface area contributed by atoms with Crippen LogP contribution >= 0.6 is 34.2 Å². The monoisotopic (exact) mass is 409 g/mol. The number of halogens is 2. The van der Waals surface area contributed by atoms with Crippen LogP contribution in [0.25, 0.3) is 5.69 Å². The Labute approximate surface area is 132 Å². The van der Waals surface area contributed by atoms with Gasteiger partial charge in [0.1, 0.15) is 20.9 Å². The average Bonchev–Trinajstić information content (AvgIpc) is 2.80. The molecule has 0 aliphatic heterocycles. The lowest BCUT2D eigenvalue weighted by Gasteiger charge is -2.12. The molecular formula is C11H9ClIN3O4. The number of ether oxygens (including phenoxy) is 2. The highest BCUT2D eigenvalue weighted by molar-refractivity contribution is 14.1. The highest BCUT2D eigenvalue weighted by atomic mass is 127. The normalized spacial score (nSPS) is 10.4. The Morgan fingerprint density at radius 2 is 2.00 bits per heavy atom. The van der Waals surface area contributed by atoms with E-state index in [2.05, 4.69) is 10.3 Å². The second-order valence-corrected chi connectivity index (χ2v) is 5.03. The van der Waals surface area contributed by atoms with E-state index < -0.39 is 5.97 Å². The number of rotatable bonds is 4. The third kappa shape index (κ3) is 2.52. The highest BCUT2D eigenvalue weighted by Crippen LogP contribution is 2.35. The van der Waals surface area contributed by atoms with Crippen LogP contribution < -0.4 is 9.47 Å². The Morgan fingerprint density at radius 3 is 2.50 bits per heavy atom. The van der Waals surface area contributed by atoms with Crippen molar-refractivity contribution in [3.05, 3.63) is 26.5 Å². The van der Waals surface area contributed by atoms with Gasteiger partial charge in [-0.05, 0) is 28.7 Å². The molecule has 9 heteroatoms. The van der Waals surface area contributed by atoms with Crippen molar-refractivity contribution in [2.75, 3.05) is 14.2 Å². The van der Waals surface area contributed by atoms with E-state index in [4.69, 9.17) is 26.2 Å². The van der Waals surface area contributed by atoms with Gasteiger partial charge in [0.25, 0.3) is 0 Å². The number of methoxy groups -OCH3 is 2. The number of nitrogens with zero attached hydrogens (tertiary/aromatic N) is 3. The van der Waals surface area contributed by atoms with Crippen molar-refractivity contribution < 1.29 is 19.4 Å². The summed E-state index contributed by atoms with van der Waals surface area (Å²) < 4.78 is 12.0. The summed E-state index contributed by atoms with van der Waals surface area (Å²) in [4.78, 5) is 11.0. The molecule has 0 bridgehead atoms. The number of carbonyl (C=O) groups is 1. The molecule has 0 atom stereocenters. The summed E-state index contributed by atoms with van der Waals surface area (Å²) >= 11 is 7.91. The number of aromatic carboxylic acids is 1. The standard InChI is InChI=1S/C11H9ClIN3O4/c1-19-7-4-8(20-2)6(3-5(7)12)16-10(13)9(11(17)18)14-15-16/h3-4H,1-2H3,(H,17,18). The molecule has 0 spiro atoms. The second-order valence-electron chi connectivity index (χ2n) is 3.60. The smallest absolute Gasteiger partial charge is 0.359 e. The molecule has 1 aromatic heterocycles. The van der Waals surface area contributed by atoms with Crippen molar-refractivity contribution in [2.45, 2.75) is 0 Å². The number of carboxylic acid groups (broad SMARTS) is 1. The summed E-state index contributed by atoms with van der Waals surface area (Å²) in [5.74, 6) is -0.272. The predicted molar refractivity (Wildman–Crippen MR) is 79.1 cm³/mol. The van der Waals surface area contributed by atoms with Gasteiger partial charge in [-0.2, -0.15) is 0 Å². The van der Waals surface area contributed by atoms with E-state index >= 15 is 0 Å². The van der Waals surface area contributed by atoms with Gasteiger partial charge in [-0.25, -0.2) is 9.48 Å². The third-order valence-electron chi connectivity index (χ3n) is 2.50. The lowest BCUT2D eigenvalue weighted by molar-refractivity contribution is 0.0689. The van der Waals surface area contributed by atoms with Crippen molar-refractivity contribution >= 4 is 40.2 Å². The molecule has 0 fully saturated rings. The van der Waals surface area contributed by atoms with Gasteiger partial charge < -0.3 is 14.6 Å². The zero-order valence-corrected chi connectivity index (χ0v) is 13.3. The minimum absolute atomic E-state index is 0.139. The lowest BCUT2D eigenvalue weighted by atomic mass is 10.2. The maximum Gasteiger partial charge on any atom is 0.359 e. The van der Waals surface area contributed by atoms with Crippen LogP contribution in [0.3, 0.4) is 0 Å². The molecule has 1 aromatic carbocycles. The van der Waals surface area contributed by atoms with Gasteiger partial charge in [-0.3, -0.25) is 0 Å². The number of benzene rings is 1. The van der Waals surface area contributed by atoms with Crippen molar-refractivity contribution in [1.29, 1.82) is 0 Å². The van der Waals surface area contributed by atoms with Crippen LogP contribution in [0.4, 0.5) is 0 Å². The Balaban J connectivity index is 2.63. The Morgan fingerprint density at radius 1 is 1.35 bits per heavy atom. The van der Waals surface area contributed by atoms with Crippen molar-refractivity contribution in [2.24, 2.45) is 0 Å². The summed E-state index contributed by atoms with van der Waals surface area (Å²) in [5.41, 5.74) is 0.335. The van der Waals surface area contributed by atoms with Crippen LogP contribution in [-0.4, -0.2) is 40.3 Å². The molecule has 0 saturated heterocycles. The SMILES string of the molecule is COc1cc(OC)c(-n2nnc(C(=O)O)c2I)cc1Cl. The zero-order chi connectivity index (χ0) is 14.9. The molecule has 1 heterocycles. The van der Waals surface area contributed by atoms with E-state index in [1.807, 2.05) is 22.6 Å². The molecule has 0 aliphatic carbocycles. The van der Waals surface area contributed by atoms with E-state index in [9.17, 15) is 4.79 Å². The quantitative estimate of drug-likeness (QED) is 0.780. The fraction of sp³-hybridized carbons (Fsp3) is 0.182. The van der Waals surface area contributed by atoms with Crippen molar-refractivity contribution in [3.8, 4) is 17.2 Å². The minimum atomic E-state index is -1.15. The first kappa shape index (κ1) is 14.9. The van der Waals surface area contributed by atoms with Crippen LogP contribution in [-0.2, 0) is 0 Å². The van der Waals surface area contributed by atoms with Crippen LogP contribution in [0.1, 0.15) is 10.5 Å². The number of carboxylic acids is 1. The minimum Gasteiger partial charge on any atom is -0.495 e. The summed E-state index contributed by atoms with van der Waals surface area (Å²) in [6.07, 6.45) is 0. The van der Waals surface area contributed by atoms with Gasteiger partial charge in [-0.1, -0.05) is 16.8 Å². The second kappa shape index (κ2) is 5.83. The van der Waals surface area contributed by atoms with E-state index in [0.29, 0.717) is 25.9 Å². The summed E-state index contributed by atoms with van der Waals surface area (Å²) in [6, 6.07) is 3.16. The van der Waals surface area contributed by atoms with Gasteiger partial charge in [0.15, 0.2) is 0 Å². The van der Waals surface area contributed by atoms with Gasteiger partial charge in [0, 0.05) is 6.07 Å². The first-order valence-corrected chi connectivity index (χ1v) is 6.71. The molecule has 0 amide bonds. The molecule has 2 rings (SSSR count). The highest BCUT2D eigenvalue weighted by Gasteiger charge is 2.21. The number of hydrogen-bond acceptors (Lipinski definition) is 5. The maximum atomic E-state index is 11.0. The van der Waals surface area contributed by atoms with Crippen LogP contribution in [0.15, 0.2) is 12.1 Å². The van der Waals surface area contributed by atoms with E-state index in [1.165, 1.54) is 18.9 Å². The number of hydrogen-bond donors (Lipinski definition) is 1. The number of aromatic nitrogens is 3. The fourth-order valence-corrected chi connectivity index (χ4v) is 2.49. The third-order valence-corrected chi connectivity index (χ3v) is 3.76. The van der Waals surface area contributed by atoms with E-state index in [1.54, 1.807) is 12.1 Å². The topological polar surface area (TPSA) is 86.5 Å². The largest absolute Gasteiger partial charge is 0.495 e. The van der Waals surface area contributed by atoms with Crippen molar-refractivity contribution in [1.82, 2.24) is 15.0 Å². The molecule has 0 aliphatic rings. The molecule has 106 valence electrons. The zero-order valence-electron chi connectivity index (χ0n) is 10.4. The molecular weight excluding hydrogens is 400 g/mol.